The molecule has 7 heteroatoms. The van der Waals surface area contributed by atoms with Crippen molar-refractivity contribution in [3.63, 3.8) is 0 Å². The molecule has 0 bridgehead atoms. The number of nitrogens with one attached hydrogen (secondary N) is 2. The average molecular weight is 281 g/mol. The minimum Gasteiger partial charge on any atom is -0.311 e. The Labute approximate surface area is 105 Å². The van der Waals surface area contributed by atoms with Crippen LogP contribution in [-0.4, -0.2) is 27.8 Å². The molecule has 4 nitrogen and oxygen atoms in total. The van der Waals surface area contributed by atoms with Gasteiger partial charge in [0.05, 0.1) is 6.26 Å². The van der Waals surface area contributed by atoms with Crippen LogP contribution in [0.25, 0.3) is 0 Å². The lowest BCUT2D eigenvalue weighted by atomic mass is 10.2. The fourth-order valence-electron chi connectivity index (χ4n) is 1.27. The first kappa shape index (κ1) is 14.4. The zero-order chi connectivity index (χ0) is 12.9. The zero-order valence-electron chi connectivity index (χ0n) is 9.33. The Kier molecular flexibility index (Phi) is 5.32. The Morgan fingerprint density at radius 2 is 2.00 bits per heavy atom. The lowest BCUT2D eigenvalue weighted by Crippen LogP contribution is -2.30. The maximum Gasteiger partial charge on any atom is 0.208 e. The first-order chi connectivity index (χ1) is 7.87. The quantitative estimate of drug-likeness (QED) is 0.768. The smallest absolute Gasteiger partial charge is 0.208 e. The van der Waals surface area contributed by atoms with Crippen LogP contribution in [0, 0.1) is 5.82 Å². The molecule has 0 fully saturated rings. The van der Waals surface area contributed by atoms with E-state index in [1.54, 1.807) is 6.07 Å². The van der Waals surface area contributed by atoms with Gasteiger partial charge in [-0.15, -0.1) is 0 Å². The van der Waals surface area contributed by atoms with Crippen molar-refractivity contribution in [3.8, 4) is 0 Å². The average Bonchev–Trinajstić information content (AvgIpc) is 2.13. The molecule has 17 heavy (non-hydrogen) atoms. The van der Waals surface area contributed by atoms with Crippen molar-refractivity contribution in [2.24, 2.45) is 0 Å². The van der Waals surface area contributed by atoms with Crippen LogP contribution in [0.1, 0.15) is 5.56 Å². The molecule has 0 heterocycles. The number of sulfonamides is 1. The summed E-state index contributed by atoms with van der Waals surface area (Å²) in [7, 11) is -3.15. The van der Waals surface area contributed by atoms with E-state index < -0.39 is 10.0 Å². The molecule has 0 spiro atoms. The van der Waals surface area contributed by atoms with Crippen LogP contribution in [0.15, 0.2) is 18.2 Å². The molecule has 0 amide bonds. The van der Waals surface area contributed by atoms with Gasteiger partial charge < -0.3 is 5.32 Å². The molecule has 1 aromatic rings. The minimum absolute atomic E-state index is 0.294. The Morgan fingerprint density at radius 3 is 2.59 bits per heavy atom. The molecule has 0 unspecified atom stereocenters. The molecule has 1 rings (SSSR count). The van der Waals surface area contributed by atoms with E-state index in [-0.39, 0.29) is 5.82 Å². The van der Waals surface area contributed by atoms with Gasteiger partial charge in [0, 0.05) is 24.7 Å². The lowest BCUT2D eigenvalue weighted by Gasteiger charge is -2.06. The summed E-state index contributed by atoms with van der Waals surface area (Å²) in [5, 5.41) is 3.32. The van der Waals surface area contributed by atoms with Gasteiger partial charge in [0.2, 0.25) is 10.0 Å². The predicted molar refractivity (Wildman–Crippen MR) is 66.0 cm³/mol. The van der Waals surface area contributed by atoms with E-state index in [1.807, 2.05) is 0 Å². The van der Waals surface area contributed by atoms with Gasteiger partial charge in [-0.3, -0.25) is 0 Å². The maximum absolute atomic E-state index is 13.0. The summed E-state index contributed by atoms with van der Waals surface area (Å²) in [6, 6.07) is 4.26. The molecule has 0 aliphatic rings. The molecule has 1 aromatic carbocycles. The molecule has 0 radical (unpaired) electrons. The summed E-state index contributed by atoms with van der Waals surface area (Å²) in [4.78, 5) is 0. The summed E-state index contributed by atoms with van der Waals surface area (Å²) in [5.41, 5.74) is 0.717. The number of halogens is 2. The highest BCUT2D eigenvalue weighted by molar-refractivity contribution is 7.88. The SMILES string of the molecule is CS(=O)(=O)NCCNCc1cc(F)cc(Cl)c1. The van der Waals surface area contributed by atoms with E-state index in [2.05, 4.69) is 10.0 Å². The van der Waals surface area contributed by atoms with Crippen LogP contribution >= 0.6 is 11.6 Å². The highest BCUT2D eigenvalue weighted by Crippen LogP contribution is 2.13. The molecule has 96 valence electrons. The van der Waals surface area contributed by atoms with E-state index in [0.717, 1.165) is 6.26 Å². The van der Waals surface area contributed by atoms with E-state index in [9.17, 15) is 12.8 Å². The summed E-state index contributed by atoms with van der Waals surface area (Å²) in [5.74, 6) is -0.386. The second-order valence-corrected chi connectivity index (χ2v) is 5.89. The number of rotatable bonds is 6. The largest absolute Gasteiger partial charge is 0.311 e. The maximum atomic E-state index is 13.0. The summed E-state index contributed by atoms with van der Waals surface area (Å²) >= 11 is 5.69. The second kappa shape index (κ2) is 6.30. The molecule has 0 saturated carbocycles. The van der Waals surface area contributed by atoms with Gasteiger partial charge in [-0.2, -0.15) is 0 Å². The van der Waals surface area contributed by atoms with Crippen molar-refractivity contribution in [3.05, 3.63) is 34.6 Å². The number of benzene rings is 1. The van der Waals surface area contributed by atoms with Crippen LogP contribution < -0.4 is 10.0 Å². The van der Waals surface area contributed by atoms with E-state index in [4.69, 9.17) is 11.6 Å². The number of hydrogen-bond donors (Lipinski definition) is 2. The Hall–Kier alpha value is -0.690. The van der Waals surface area contributed by atoms with E-state index in [0.29, 0.717) is 30.2 Å². The molecular weight excluding hydrogens is 267 g/mol. The first-order valence-corrected chi connectivity index (χ1v) is 7.24. The van der Waals surface area contributed by atoms with Crippen molar-refractivity contribution in [2.45, 2.75) is 6.54 Å². The first-order valence-electron chi connectivity index (χ1n) is 4.97. The van der Waals surface area contributed by atoms with Crippen LogP contribution in [0.4, 0.5) is 4.39 Å². The second-order valence-electron chi connectivity index (χ2n) is 3.62. The van der Waals surface area contributed by atoms with Crippen molar-refractivity contribution in [1.82, 2.24) is 10.0 Å². The van der Waals surface area contributed by atoms with Crippen LogP contribution in [0.2, 0.25) is 5.02 Å². The van der Waals surface area contributed by atoms with Gasteiger partial charge in [-0.05, 0) is 23.8 Å². The Bertz CT molecular complexity index is 459. The minimum atomic E-state index is -3.15. The van der Waals surface area contributed by atoms with Gasteiger partial charge in [0.1, 0.15) is 5.82 Å². The third kappa shape index (κ3) is 6.58. The number of hydrogen-bond acceptors (Lipinski definition) is 3. The Balaban J connectivity index is 2.31. The van der Waals surface area contributed by atoms with Gasteiger partial charge in [0.15, 0.2) is 0 Å². The molecular formula is C10H14ClFN2O2S. The lowest BCUT2D eigenvalue weighted by molar-refractivity contribution is 0.581. The third-order valence-electron chi connectivity index (χ3n) is 1.92. The normalized spacial score (nSPS) is 11.7. The monoisotopic (exact) mass is 280 g/mol. The molecule has 0 aromatic heterocycles. The molecule has 2 N–H and O–H groups in total. The van der Waals surface area contributed by atoms with Crippen LogP contribution in [0.5, 0.6) is 0 Å². The van der Waals surface area contributed by atoms with Crippen molar-refractivity contribution >= 4 is 21.6 Å². The molecule has 0 aliphatic heterocycles. The fourth-order valence-corrected chi connectivity index (χ4v) is 1.99. The Morgan fingerprint density at radius 1 is 1.29 bits per heavy atom. The topological polar surface area (TPSA) is 58.2 Å². The van der Waals surface area contributed by atoms with E-state index >= 15 is 0 Å². The third-order valence-corrected chi connectivity index (χ3v) is 2.86. The van der Waals surface area contributed by atoms with Crippen LogP contribution in [0.3, 0.4) is 0 Å². The standard InChI is InChI=1S/C10H14ClFN2O2S/c1-17(15,16)14-3-2-13-7-8-4-9(11)6-10(12)5-8/h4-6,13-14H,2-3,7H2,1H3. The van der Waals surface area contributed by atoms with Crippen molar-refractivity contribution < 1.29 is 12.8 Å². The van der Waals surface area contributed by atoms with Crippen LogP contribution in [-0.2, 0) is 16.6 Å². The van der Waals surface area contributed by atoms with E-state index in [1.165, 1.54) is 12.1 Å². The zero-order valence-corrected chi connectivity index (χ0v) is 10.9. The summed E-state index contributed by atoms with van der Waals surface area (Å²) in [6.45, 7) is 1.19. The van der Waals surface area contributed by atoms with Crippen molar-refractivity contribution in [1.29, 1.82) is 0 Å². The predicted octanol–water partition coefficient (Wildman–Crippen LogP) is 1.12. The highest BCUT2D eigenvalue weighted by Gasteiger charge is 2.00. The van der Waals surface area contributed by atoms with Gasteiger partial charge in [-0.25, -0.2) is 17.5 Å². The molecule has 0 saturated heterocycles. The highest BCUT2D eigenvalue weighted by atomic mass is 35.5. The summed E-state index contributed by atoms with van der Waals surface area (Å²) in [6.07, 6.45) is 1.10. The van der Waals surface area contributed by atoms with Gasteiger partial charge >= 0.3 is 0 Å². The summed E-state index contributed by atoms with van der Waals surface area (Å²) < 4.78 is 36.8. The van der Waals surface area contributed by atoms with Gasteiger partial charge in [-0.1, -0.05) is 11.6 Å². The molecule has 0 atom stereocenters. The molecule has 0 aliphatic carbocycles. The fraction of sp³-hybridized carbons (Fsp3) is 0.400. The van der Waals surface area contributed by atoms with Gasteiger partial charge in [0.25, 0.3) is 0 Å². The van der Waals surface area contributed by atoms with Crippen molar-refractivity contribution in [2.75, 3.05) is 19.3 Å².